The lowest BCUT2D eigenvalue weighted by Gasteiger charge is -2.26. The van der Waals surface area contributed by atoms with Crippen LogP contribution in [0.25, 0.3) is 15.8 Å². The van der Waals surface area contributed by atoms with Gasteiger partial charge in [-0.25, -0.2) is 9.97 Å². The number of hydrogen-bond acceptors (Lipinski definition) is 6. The molecule has 1 amide bonds. The fourth-order valence-corrected chi connectivity index (χ4v) is 5.21. The van der Waals surface area contributed by atoms with E-state index >= 15 is 0 Å². The maximum Gasteiger partial charge on any atom is 0.234 e. The van der Waals surface area contributed by atoms with Crippen molar-refractivity contribution in [1.29, 1.82) is 0 Å². The van der Waals surface area contributed by atoms with Crippen LogP contribution >= 0.6 is 22.9 Å². The van der Waals surface area contributed by atoms with Crippen LogP contribution in [0.1, 0.15) is 12.5 Å². The monoisotopic (exact) mass is 447 g/mol. The number of carbonyl (C=O) groups is 1. The zero-order valence-corrected chi connectivity index (χ0v) is 18.1. The van der Waals surface area contributed by atoms with Gasteiger partial charge in [-0.3, -0.25) is 9.79 Å². The number of nitrogens with zero attached hydrogens (tertiary/aromatic N) is 3. The number of benzene rings is 2. The Morgan fingerprint density at radius 1 is 1.10 bits per heavy atom. The highest BCUT2D eigenvalue weighted by molar-refractivity contribution is 7.17. The van der Waals surface area contributed by atoms with E-state index in [0.717, 1.165) is 31.4 Å². The van der Waals surface area contributed by atoms with Crippen molar-refractivity contribution in [2.75, 3.05) is 11.1 Å². The van der Waals surface area contributed by atoms with E-state index in [2.05, 4.69) is 15.3 Å². The first kappa shape index (κ1) is 19.7. The first-order valence-electron chi connectivity index (χ1n) is 9.76. The van der Waals surface area contributed by atoms with Gasteiger partial charge >= 0.3 is 0 Å². The maximum atomic E-state index is 13.5. The molecular weight excluding hydrogens is 430 g/mol. The Hall–Kier alpha value is -3.29. The van der Waals surface area contributed by atoms with Crippen LogP contribution < -0.4 is 20.9 Å². The largest absolute Gasteiger partial charge is 0.382 e. The van der Waals surface area contributed by atoms with Crippen LogP contribution in [0, 0.1) is 5.92 Å². The Labute approximate surface area is 187 Å². The highest BCUT2D eigenvalue weighted by Crippen LogP contribution is 2.31. The Kier molecular flexibility index (Phi) is 4.92. The van der Waals surface area contributed by atoms with E-state index in [9.17, 15) is 4.79 Å². The highest BCUT2D eigenvalue weighted by atomic mass is 35.5. The summed E-state index contributed by atoms with van der Waals surface area (Å²) >= 11 is 7.59. The van der Waals surface area contributed by atoms with Gasteiger partial charge in [-0.1, -0.05) is 41.9 Å². The summed E-state index contributed by atoms with van der Waals surface area (Å²) < 4.78 is 1.59. The van der Waals surface area contributed by atoms with Crippen molar-refractivity contribution >= 4 is 56.1 Å². The lowest BCUT2D eigenvalue weighted by atomic mass is 9.84. The van der Waals surface area contributed by atoms with E-state index in [1.807, 2.05) is 61.5 Å². The molecule has 2 unspecified atom stereocenters. The van der Waals surface area contributed by atoms with Gasteiger partial charge in [0.25, 0.3) is 0 Å². The Bertz CT molecular complexity index is 1420. The topological polar surface area (TPSA) is 93.3 Å². The molecule has 0 bridgehead atoms. The van der Waals surface area contributed by atoms with Crippen LogP contribution in [0.2, 0.25) is 5.02 Å². The molecule has 4 aromatic rings. The number of carbonyl (C=O) groups excluding carboxylic acids is 1. The summed E-state index contributed by atoms with van der Waals surface area (Å²) in [6.07, 6.45) is 1.45. The molecular formula is C23H18ClN5OS. The normalized spacial score (nSPS) is 17.8. The molecule has 2 aromatic heterocycles. The summed E-state index contributed by atoms with van der Waals surface area (Å²) in [6, 6.07) is 16.6. The van der Waals surface area contributed by atoms with Crippen LogP contribution in [0.4, 0.5) is 11.5 Å². The molecule has 31 heavy (non-hydrogen) atoms. The number of rotatable bonds is 3. The molecule has 0 aliphatic carbocycles. The van der Waals surface area contributed by atoms with E-state index in [-0.39, 0.29) is 11.9 Å². The number of nitrogens with one attached hydrogen (secondary N) is 1. The fraction of sp³-hybridized carbons (Fsp3) is 0.130. The van der Waals surface area contributed by atoms with Gasteiger partial charge in [0.1, 0.15) is 16.8 Å². The third kappa shape index (κ3) is 3.45. The molecule has 154 valence electrons. The van der Waals surface area contributed by atoms with Gasteiger partial charge in [0.15, 0.2) is 0 Å². The average Bonchev–Trinajstić information content (AvgIpc) is 3.13. The Balaban J connectivity index is 1.78. The van der Waals surface area contributed by atoms with E-state index in [0.29, 0.717) is 16.4 Å². The van der Waals surface area contributed by atoms with Crippen molar-refractivity contribution in [1.82, 2.24) is 9.97 Å². The zero-order valence-electron chi connectivity index (χ0n) is 16.5. The fourth-order valence-electron chi connectivity index (χ4n) is 3.95. The molecule has 3 heterocycles. The predicted octanol–water partition coefficient (Wildman–Crippen LogP) is 3.40. The number of thiophene rings is 1. The van der Waals surface area contributed by atoms with Gasteiger partial charge in [0.05, 0.1) is 22.2 Å². The van der Waals surface area contributed by atoms with Gasteiger partial charge in [-0.2, -0.15) is 0 Å². The van der Waals surface area contributed by atoms with E-state index in [1.165, 1.54) is 17.7 Å². The maximum absolute atomic E-state index is 13.5. The van der Waals surface area contributed by atoms with Gasteiger partial charge in [0, 0.05) is 15.9 Å². The van der Waals surface area contributed by atoms with Crippen molar-refractivity contribution in [3.05, 3.63) is 81.4 Å². The number of nitrogen functional groups attached to an aromatic ring is 1. The van der Waals surface area contributed by atoms with Crippen LogP contribution in [0.5, 0.6) is 0 Å². The second-order valence-corrected chi connectivity index (χ2v) is 8.78. The van der Waals surface area contributed by atoms with Crippen molar-refractivity contribution < 1.29 is 4.79 Å². The molecule has 8 heteroatoms. The number of para-hydroxylation sites is 1. The van der Waals surface area contributed by atoms with Crippen LogP contribution in [0.15, 0.2) is 65.9 Å². The van der Waals surface area contributed by atoms with Crippen LogP contribution in [0.3, 0.4) is 0 Å². The van der Waals surface area contributed by atoms with E-state index < -0.39 is 5.92 Å². The number of aromatic nitrogens is 2. The Morgan fingerprint density at radius 2 is 1.84 bits per heavy atom. The lowest BCUT2D eigenvalue weighted by molar-refractivity contribution is -0.118. The summed E-state index contributed by atoms with van der Waals surface area (Å²) in [6.45, 7) is 1.95. The molecule has 0 spiro atoms. The number of amides is 1. The summed E-state index contributed by atoms with van der Waals surface area (Å²) in [5.74, 6) is -0.227. The Morgan fingerprint density at radius 3 is 2.58 bits per heavy atom. The summed E-state index contributed by atoms with van der Waals surface area (Å²) in [7, 11) is 0. The van der Waals surface area contributed by atoms with Crippen molar-refractivity contribution in [3.63, 3.8) is 0 Å². The van der Waals surface area contributed by atoms with Crippen molar-refractivity contribution in [2.24, 2.45) is 10.9 Å². The molecule has 2 aromatic carbocycles. The standard InChI is InChI=1S/C23H18ClN5OS/c1-12-16(22(30)29-15-5-3-2-4-6-15)17(13-7-9-14(24)10-8-13)18-19-20(31-23(18)28-12)21(25)27-11-26-19/h2-12,16H,1H3,(H,29,30)(H2,25,26,27). The van der Waals surface area contributed by atoms with Gasteiger partial charge < -0.3 is 11.1 Å². The number of hydrogen-bond donors (Lipinski definition) is 2. The third-order valence-electron chi connectivity index (χ3n) is 5.34. The molecule has 0 radical (unpaired) electrons. The molecule has 2 atom stereocenters. The van der Waals surface area contributed by atoms with E-state index in [1.54, 1.807) is 0 Å². The van der Waals surface area contributed by atoms with Gasteiger partial charge in [-0.15, -0.1) is 11.3 Å². The second-order valence-electron chi connectivity index (χ2n) is 7.34. The summed E-state index contributed by atoms with van der Waals surface area (Å²) in [5, 5.41) is 4.50. The molecule has 3 N–H and O–H groups in total. The minimum absolute atomic E-state index is 0.126. The second kappa shape index (κ2) is 7.76. The first-order valence-corrected chi connectivity index (χ1v) is 10.9. The molecule has 5 rings (SSSR count). The third-order valence-corrected chi connectivity index (χ3v) is 6.70. The quantitative estimate of drug-likeness (QED) is 0.503. The number of nitrogens with two attached hydrogens (primary N) is 1. The van der Waals surface area contributed by atoms with Gasteiger partial charge in [-0.05, 0) is 42.3 Å². The molecule has 0 saturated carbocycles. The van der Waals surface area contributed by atoms with Crippen molar-refractivity contribution in [3.8, 4) is 0 Å². The molecule has 6 nitrogen and oxygen atoms in total. The number of fused-ring (bicyclic) bond motifs is 3. The summed E-state index contributed by atoms with van der Waals surface area (Å²) in [4.78, 5) is 27.0. The minimum Gasteiger partial charge on any atom is -0.382 e. The first-order chi connectivity index (χ1) is 15.0. The van der Waals surface area contributed by atoms with Crippen LogP contribution in [-0.4, -0.2) is 21.9 Å². The van der Waals surface area contributed by atoms with Crippen molar-refractivity contribution in [2.45, 2.75) is 13.0 Å². The molecule has 1 aliphatic heterocycles. The molecule has 0 fully saturated rings. The van der Waals surface area contributed by atoms with Gasteiger partial charge in [0.2, 0.25) is 5.91 Å². The predicted molar refractivity (Wildman–Crippen MR) is 125 cm³/mol. The zero-order chi connectivity index (χ0) is 21.5. The minimum atomic E-state index is -0.511. The smallest absolute Gasteiger partial charge is 0.234 e. The highest BCUT2D eigenvalue weighted by Gasteiger charge is 2.34. The number of anilines is 2. The molecule has 1 aliphatic rings. The number of halogens is 1. The SMILES string of the molecule is CC1N=c2sc3c(N)ncnc3c2=C(c2ccc(Cl)cc2)C1C(=O)Nc1ccccc1. The lowest BCUT2D eigenvalue weighted by Crippen LogP contribution is -2.42. The average molecular weight is 448 g/mol. The van der Waals surface area contributed by atoms with E-state index in [4.69, 9.17) is 22.3 Å². The molecule has 0 saturated heterocycles. The summed E-state index contributed by atoms with van der Waals surface area (Å²) in [5.41, 5.74) is 9.34. The van der Waals surface area contributed by atoms with Crippen LogP contribution in [-0.2, 0) is 4.79 Å².